The number of halogens is 4. The van der Waals surface area contributed by atoms with Crippen LogP contribution < -0.4 is 5.32 Å². The van der Waals surface area contributed by atoms with Gasteiger partial charge in [0.1, 0.15) is 17.5 Å². The predicted molar refractivity (Wildman–Crippen MR) is 90.7 cm³/mol. The van der Waals surface area contributed by atoms with Crippen molar-refractivity contribution in [2.24, 2.45) is 0 Å². The molecule has 1 amide bonds. The molecule has 0 unspecified atom stereocenters. The van der Waals surface area contributed by atoms with E-state index >= 15 is 0 Å². The Hall–Kier alpha value is -2.05. The molecule has 0 saturated heterocycles. The molecular weight excluding hydrogens is 353 g/mol. The Balaban J connectivity index is 1.95. The van der Waals surface area contributed by atoms with Crippen LogP contribution in [0, 0.1) is 17.5 Å². The minimum atomic E-state index is -0.723. The van der Waals surface area contributed by atoms with Crippen molar-refractivity contribution in [1.29, 1.82) is 0 Å². The number of amides is 1. The van der Waals surface area contributed by atoms with E-state index in [0.29, 0.717) is 5.56 Å². The number of likely N-dealkylation sites (N-methyl/N-ethyl adjacent to an activating group) is 1. The molecule has 0 aliphatic carbocycles. The van der Waals surface area contributed by atoms with Crippen LogP contribution in [0.5, 0.6) is 0 Å². The molecule has 0 bridgehead atoms. The highest BCUT2D eigenvalue weighted by atomic mass is 35.5. The molecular formula is C18H18ClF3N2O. The second kappa shape index (κ2) is 8.36. The molecule has 7 heteroatoms. The van der Waals surface area contributed by atoms with Crippen molar-refractivity contribution in [2.45, 2.75) is 19.5 Å². The van der Waals surface area contributed by atoms with Crippen LogP contribution in [-0.4, -0.2) is 24.4 Å². The molecule has 0 heterocycles. The summed E-state index contributed by atoms with van der Waals surface area (Å²) in [5, 5.41) is 2.92. The molecule has 0 aliphatic heterocycles. The highest BCUT2D eigenvalue weighted by Gasteiger charge is 2.16. The van der Waals surface area contributed by atoms with E-state index < -0.39 is 23.5 Å². The zero-order valence-corrected chi connectivity index (χ0v) is 14.6. The number of hydrogen-bond acceptors (Lipinski definition) is 2. The summed E-state index contributed by atoms with van der Waals surface area (Å²) in [4.78, 5) is 13.7. The van der Waals surface area contributed by atoms with Crippen molar-refractivity contribution < 1.29 is 18.0 Å². The van der Waals surface area contributed by atoms with Gasteiger partial charge in [-0.1, -0.05) is 23.7 Å². The first kappa shape index (κ1) is 19.3. The van der Waals surface area contributed by atoms with E-state index in [1.165, 1.54) is 18.2 Å². The van der Waals surface area contributed by atoms with Gasteiger partial charge >= 0.3 is 0 Å². The fraction of sp³-hybridized carbons (Fsp3) is 0.278. The number of nitrogens with one attached hydrogen (secondary N) is 1. The van der Waals surface area contributed by atoms with Crippen molar-refractivity contribution in [2.75, 3.05) is 13.6 Å². The summed E-state index contributed by atoms with van der Waals surface area (Å²) >= 11 is 5.97. The van der Waals surface area contributed by atoms with Crippen LogP contribution in [0.25, 0.3) is 0 Å². The van der Waals surface area contributed by atoms with Gasteiger partial charge < -0.3 is 5.32 Å². The van der Waals surface area contributed by atoms with E-state index in [4.69, 9.17) is 11.6 Å². The zero-order valence-electron chi connectivity index (χ0n) is 13.8. The van der Waals surface area contributed by atoms with Gasteiger partial charge in [-0.2, -0.15) is 0 Å². The summed E-state index contributed by atoms with van der Waals surface area (Å²) in [6, 6.07) is 6.95. The molecule has 1 N–H and O–H groups in total. The lowest BCUT2D eigenvalue weighted by Gasteiger charge is -2.20. The van der Waals surface area contributed by atoms with E-state index in [9.17, 15) is 18.0 Å². The first-order chi connectivity index (χ1) is 11.8. The lowest BCUT2D eigenvalue weighted by molar-refractivity contribution is -0.122. The van der Waals surface area contributed by atoms with Crippen molar-refractivity contribution in [3.05, 3.63) is 70.0 Å². The molecule has 2 aromatic carbocycles. The normalized spacial score (nSPS) is 12.3. The van der Waals surface area contributed by atoms with Crippen molar-refractivity contribution in [3.63, 3.8) is 0 Å². The first-order valence-corrected chi connectivity index (χ1v) is 8.01. The van der Waals surface area contributed by atoms with Crippen LogP contribution >= 0.6 is 11.6 Å². The standard InChI is InChI=1S/C18H18ClF3N2O/c1-11(13-7-6-12(20)8-17(13)22)23-18(25)10-24(2)9-14-15(19)4-3-5-16(14)21/h3-8,11H,9-10H2,1-2H3,(H,23,25)/t11-/m1/s1. The molecule has 2 rings (SSSR count). The summed E-state index contributed by atoms with van der Waals surface area (Å²) in [6.45, 7) is 1.72. The topological polar surface area (TPSA) is 32.3 Å². The van der Waals surface area contributed by atoms with E-state index in [1.54, 1.807) is 24.9 Å². The van der Waals surface area contributed by atoms with Crippen molar-refractivity contribution >= 4 is 17.5 Å². The number of nitrogens with zero attached hydrogens (tertiary/aromatic N) is 1. The number of benzene rings is 2. The fourth-order valence-corrected chi connectivity index (χ4v) is 2.69. The van der Waals surface area contributed by atoms with Gasteiger partial charge in [0.25, 0.3) is 0 Å². The smallest absolute Gasteiger partial charge is 0.234 e. The van der Waals surface area contributed by atoms with Gasteiger partial charge in [0.2, 0.25) is 5.91 Å². The quantitative estimate of drug-likeness (QED) is 0.831. The van der Waals surface area contributed by atoms with Crippen LogP contribution in [0.1, 0.15) is 24.1 Å². The SMILES string of the molecule is C[C@@H](NC(=O)CN(C)Cc1c(F)cccc1Cl)c1ccc(F)cc1F. The Bertz CT molecular complexity index is 750. The van der Waals surface area contributed by atoms with E-state index in [-0.39, 0.29) is 29.6 Å². The Morgan fingerprint density at radius 1 is 1.20 bits per heavy atom. The number of rotatable bonds is 6. The molecule has 0 radical (unpaired) electrons. The zero-order chi connectivity index (χ0) is 18.6. The molecule has 0 fully saturated rings. The lowest BCUT2D eigenvalue weighted by Crippen LogP contribution is -2.36. The highest BCUT2D eigenvalue weighted by molar-refractivity contribution is 6.31. The van der Waals surface area contributed by atoms with Gasteiger partial charge in [-0.05, 0) is 32.2 Å². The van der Waals surface area contributed by atoms with Gasteiger partial charge in [-0.15, -0.1) is 0 Å². The van der Waals surface area contributed by atoms with Crippen LogP contribution in [0.3, 0.4) is 0 Å². The molecule has 0 spiro atoms. The average molecular weight is 371 g/mol. The van der Waals surface area contributed by atoms with E-state index in [0.717, 1.165) is 12.1 Å². The number of hydrogen-bond donors (Lipinski definition) is 1. The minimum Gasteiger partial charge on any atom is -0.348 e. The predicted octanol–water partition coefficient (Wildman–Crippen LogP) is 4.07. The maximum atomic E-state index is 13.8. The molecule has 3 nitrogen and oxygen atoms in total. The molecule has 134 valence electrons. The third-order valence-corrected chi connectivity index (χ3v) is 4.06. The van der Waals surface area contributed by atoms with Crippen LogP contribution in [0.4, 0.5) is 13.2 Å². The summed E-state index contributed by atoms with van der Waals surface area (Å²) in [6.07, 6.45) is 0. The minimum absolute atomic E-state index is 0.0299. The Morgan fingerprint density at radius 3 is 2.56 bits per heavy atom. The molecule has 1 atom stereocenters. The molecule has 0 aromatic heterocycles. The second-order valence-electron chi connectivity index (χ2n) is 5.83. The largest absolute Gasteiger partial charge is 0.348 e. The summed E-state index contributed by atoms with van der Waals surface area (Å²) in [5.74, 6) is -2.21. The maximum absolute atomic E-state index is 13.8. The average Bonchev–Trinajstić information content (AvgIpc) is 2.50. The van der Waals surface area contributed by atoms with Gasteiger partial charge in [-0.3, -0.25) is 9.69 Å². The Morgan fingerprint density at radius 2 is 1.92 bits per heavy atom. The van der Waals surface area contributed by atoms with Gasteiger partial charge in [0.15, 0.2) is 0 Å². The summed E-state index contributed by atoms with van der Waals surface area (Å²) < 4.78 is 40.4. The summed E-state index contributed by atoms with van der Waals surface area (Å²) in [7, 11) is 1.64. The van der Waals surface area contributed by atoms with Crippen molar-refractivity contribution in [3.8, 4) is 0 Å². The van der Waals surface area contributed by atoms with Crippen molar-refractivity contribution in [1.82, 2.24) is 10.2 Å². The molecule has 0 aliphatic rings. The Kier molecular flexibility index (Phi) is 6.45. The lowest BCUT2D eigenvalue weighted by atomic mass is 10.1. The number of carbonyl (C=O) groups is 1. The fourth-order valence-electron chi connectivity index (χ4n) is 2.47. The monoisotopic (exact) mass is 370 g/mol. The molecule has 2 aromatic rings. The van der Waals surface area contributed by atoms with Gasteiger partial charge in [-0.25, -0.2) is 13.2 Å². The van der Waals surface area contributed by atoms with Crippen LogP contribution in [0.15, 0.2) is 36.4 Å². The molecule has 0 saturated carbocycles. The van der Waals surface area contributed by atoms with E-state index in [2.05, 4.69) is 5.32 Å². The second-order valence-corrected chi connectivity index (χ2v) is 6.23. The van der Waals surface area contributed by atoms with Crippen LogP contribution in [0.2, 0.25) is 5.02 Å². The third-order valence-electron chi connectivity index (χ3n) is 3.71. The maximum Gasteiger partial charge on any atom is 0.234 e. The third kappa shape index (κ3) is 5.21. The molecule has 25 heavy (non-hydrogen) atoms. The number of carbonyl (C=O) groups excluding carboxylic acids is 1. The van der Waals surface area contributed by atoms with E-state index in [1.807, 2.05) is 0 Å². The highest BCUT2D eigenvalue weighted by Crippen LogP contribution is 2.20. The van der Waals surface area contributed by atoms with Gasteiger partial charge in [0, 0.05) is 28.8 Å². The first-order valence-electron chi connectivity index (χ1n) is 7.63. The van der Waals surface area contributed by atoms with Crippen LogP contribution in [-0.2, 0) is 11.3 Å². The Labute approximate surface area is 149 Å². The van der Waals surface area contributed by atoms with Gasteiger partial charge in [0.05, 0.1) is 12.6 Å². The summed E-state index contributed by atoms with van der Waals surface area (Å²) in [5.41, 5.74) is 0.492.